The predicted octanol–water partition coefficient (Wildman–Crippen LogP) is 3.98. The van der Waals surface area contributed by atoms with Crippen LogP contribution >= 0.6 is 11.8 Å². The zero-order valence-electron chi connectivity index (χ0n) is 22.1. The van der Waals surface area contributed by atoms with Crippen molar-refractivity contribution in [3.8, 4) is 0 Å². The number of fused-ring (bicyclic) bond motifs is 2. The van der Waals surface area contributed by atoms with E-state index in [-0.39, 0.29) is 36.3 Å². The number of carbonyl (C=O) groups is 3. The molecule has 2 atom stereocenters. The maximum Gasteiger partial charge on any atom is 0.303 e. The minimum absolute atomic E-state index is 0.0975. The topological polar surface area (TPSA) is 122 Å². The molecule has 2 amide bonds. The first-order valence-corrected chi connectivity index (χ1v) is 14.2. The molecule has 10 heteroatoms. The van der Waals surface area contributed by atoms with E-state index < -0.39 is 11.2 Å². The molecule has 3 aromatic carbocycles. The van der Waals surface area contributed by atoms with Crippen LogP contribution in [0.4, 0.5) is 0 Å². The number of hydrogen-bond donors (Lipinski definition) is 2. The van der Waals surface area contributed by atoms with Crippen molar-refractivity contribution >= 4 is 51.2 Å². The van der Waals surface area contributed by atoms with E-state index in [9.17, 15) is 19.2 Å². The molecule has 1 aliphatic rings. The lowest BCUT2D eigenvalue weighted by molar-refractivity contribution is -0.138. The number of rotatable bonds is 9. The van der Waals surface area contributed by atoms with Gasteiger partial charge in [-0.3, -0.25) is 23.7 Å². The van der Waals surface area contributed by atoms with Crippen molar-refractivity contribution in [2.24, 2.45) is 0 Å². The molecule has 1 fully saturated rings. The normalized spacial score (nSPS) is 15.8. The Labute approximate surface area is 235 Å². The van der Waals surface area contributed by atoms with Gasteiger partial charge in [0.15, 0.2) is 5.16 Å². The average molecular weight is 559 g/mol. The number of carboxylic acid groups (broad SMARTS) is 1. The van der Waals surface area contributed by atoms with Crippen LogP contribution in [0.15, 0.2) is 76.7 Å². The van der Waals surface area contributed by atoms with Crippen LogP contribution in [0.5, 0.6) is 0 Å². The lowest BCUT2D eigenvalue weighted by atomic mass is 10.1. The minimum atomic E-state index is -1.03. The molecule has 9 nitrogen and oxygen atoms in total. The van der Waals surface area contributed by atoms with Crippen molar-refractivity contribution in [3.63, 3.8) is 0 Å². The van der Waals surface area contributed by atoms with Crippen LogP contribution < -0.4 is 10.9 Å². The fraction of sp³-hybridized carbons (Fsp3) is 0.300. The molecule has 40 heavy (non-hydrogen) atoms. The summed E-state index contributed by atoms with van der Waals surface area (Å²) in [6.07, 6.45) is 0.249. The summed E-state index contributed by atoms with van der Waals surface area (Å²) in [6.45, 7) is 3.09. The van der Waals surface area contributed by atoms with Crippen molar-refractivity contribution in [2.75, 3.05) is 13.1 Å². The predicted molar refractivity (Wildman–Crippen MR) is 154 cm³/mol. The number of benzene rings is 3. The summed E-state index contributed by atoms with van der Waals surface area (Å²) in [5.74, 6) is -1.49. The molecular formula is C30H30N4O5S. The van der Waals surface area contributed by atoms with E-state index >= 15 is 0 Å². The van der Waals surface area contributed by atoms with Crippen LogP contribution in [0.2, 0.25) is 0 Å². The van der Waals surface area contributed by atoms with Crippen molar-refractivity contribution in [2.45, 2.75) is 49.2 Å². The van der Waals surface area contributed by atoms with Crippen LogP contribution in [0.25, 0.3) is 21.7 Å². The highest BCUT2D eigenvalue weighted by molar-refractivity contribution is 8.00. The van der Waals surface area contributed by atoms with Gasteiger partial charge in [-0.1, -0.05) is 66.4 Å². The molecule has 2 heterocycles. The Morgan fingerprint density at radius 3 is 2.45 bits per heavy atom. The number of hydrogen-bond acceptors (Lipinski definition) is 6. The number of nitrogens with one attached hydrogen (secondary N) is 1. The van der Waals surface area contributed by atoms with Gasteiger partial charge in [-0.2, -0.15) is 0 Å². The highest BCUT2D eigenvalue weighted by atomic mass is 32.2. The lowest BCUT2D eigenvalue weighted by Gasteiger charge is -2.24. The Morgan fingerprint density at radius 1 is 1.05 bits per heavy atom. The molecule has 0 spiro atoms. The number of amides is 2. The maximum absolute atomic E-state index is 13.9. The van der Waals surface area contributed by atoms with E-state index in [1.165, 1.54) is 11.8 Å². The smallest absolute Gasteiger partial charge is 0.303 e. The molecule has 0 saturated carbocycles. The van der Waals surface area contributed by atoms with Crippen LogP contribution in [-0.4, -0.2) is 56.5 Å². The molecular weight excluding hydrogens is 528 g/mol. The van der Waals surface area contributed by atoms with E-state index in [1.54, 1.807) is 9.47 Å². The van der Waals surface area contributed by atoms with E-state index in [0.29, 0.717) is 42.1 Å². The van der Waals surface area contributed by atoms with Crippen LogP contribution in [0, 0.1) is 0 Å². The molecule has 0 aliphatic carbocycles. The monoisotopic (exact) mass is 558 g/mol. The van der Waals surface area contributed by atoms with Crippen LogP contribution in [0.3, 0.4) is 0 Å². The van der Waals surface area contributed by atoms with Gasteiger partial charge in [-0.15, -0.1) is 0 Å². The lowest BCUT2D eigenvalue weighted by Crippen LogP contribution is -2.39. The summed E-state index contributed by atoms with van der Waals surface area (Å²) in [6, 6.07) is 20.8. The minimum Gasteiger partial charge on any atom is -0.481 e. The van der Waals surface area contributed by atoms with Gasteiger partial charge >= 0.3 is 5.97 Å². The second-order valence-electron chi connectivity index (χ2n) is 9.80. The molecule has 1 saturated heterocycles. The zero-order chi connectivity index (χ0) is 28.2. The third-order valence-corrected chi connectivity index (χ3v) is 8.32. The first kappa shape index (κ1) is 27.4. The number of carbonyl (C=O) groups excluding carboxylic acids is 2. The molecule has 5 rings (SSSR count). The van der Waals surface area contributed by atoms with E-state index in [4.69, 9.17) is 10.1 Å². The van der Waals surface area contributed by atoms with Gasteiger partial charge in [0.2, 0.25) is 11.8 Å². The summed E-state index contributed by atoms with van der Waals surface area (Å²) in [4.78, 5) is 57.0. The molecule has 1 aliphatic heterocycles. The summed E-state index contributed by atoms with van der Waals surface area (Å²) in [7, 11) is 0. The molecule has 1 unspecified atom stereocenters. The number of aromatic nitrogens is 2. The molecule has 4 aromatic rings. The average Bonchev–Trinajstić information content (AvgIpc) is 3.42. The number of carboxylic acids is 1. The van der Waals surface area contributed by atoms with Gasteiger partial charge in [0.25, 0.3) is 5.56 Å². The summed E-state index contributed by atoms with van der Waals surface area (Å²) in [5.41, 5.74) is 1.23. The van der Waals surface area contributed by atoms with E-state index in [0.717, 1.165) is 16.3 Å². The molecule has 0 radical (unpaired) electrons. The highest BCUT2D eigenvalue weighted by Gasteiger charge is 2.34. The first-order valence-electron chi connectivity index (χ1n) is 13.3. The van der Waals surface area contributed by atoms with Crippen LogP contribution in [-0.2, 0) is 20.9 Å². The first-order chi connectivity index (χ1) is 19.3. The largest absolute Gasteiger partial charge is 0.481 e. The number of nitrogens with zero attached hydrogens (tertiary/aromatic N) is 3. The fourth-order valence-corrected chi connectivity index (χ4v) is 6.26. The summed E-state index contributed by atoms with van der Waals surface area (Å²) in [5, 5.41) is 14.0. The second kappa shape index (κ2) is 11.9. The molecule has 206 valence electrons. The van der Waals surface area contributed by atoms with Gasteiger partial charge < -0.3 is 15.3 Å². The van der Waals surface area contributed by atoms with E-state index in [2.05, 4.69) is 5.32 Å². The molecule has 2 N–H and O–H groups in total. The Balaban J connectivity index is 1.44. The molecule has 1 aromatic heterocycles. The quantitative estimate of drug-likeness (QED) is 0.181. The van der Waals surface area contributed by atoms with Gasteiger partial charge in [0, 0.05) is 32.1 Å². The van der Waals surface area contributed by atoms with Gasteiger partial charge in [0.05, 0.1) is 17.3 Å². The summed E-state index contributed by atoms with van der Waals surface area (Å²) >= 11 is 1.26. The molecule has 0 bridgehead atoms. The third kappa shape index (κ3) is 5.86. The Bertz CT molecular complexity index is 1640. The van der Waals surface area contributed by atoms with Crippen molar-refractivity contribution in [1.82, 2.24) is 19.8 Å². The summed E-state index contributed by atoms with van der Waals surface area (Å²) < 4.78 is 1.61. The standard InChI is InChI=1S/C30H30N4O5S/c1-2-34-28(38)23-16-20-10-6-7-11-21(20)17-24(23)32-30(34)40-27(19-8-4-3-5-9-19)29(39)33-15-14-22(18-33)31-25(35)12-13-26(36)37/h3-11,16-17,22,27H,2,12-15,18H2,1H3,(H,31,35)(H,36,37)/t22-,27?/m0/s1. The van der Waals surface area contributed by atoms with Gasteiger partial charge in [-0.05, 0) is 41.8 Å². The van der Waals surface area contributed by atoms with E-state index in [1.807, 2.05) is 73.7 Å². The Hall–Kier alpha value is -4.18. The Kier molecular flexibility index (Phi) is 8.16. The SMILES string of the molecule is CCn1c(SC(C(=O)N2CC[C@H](NC(=O)CCC(=O)O)C2)c2ccccc2)nc2cc3ccccc3cc2c1=O. The van der Waals surface area contributed by atoms with Crippen LogP contribution in [0.1, 0.15) is 37.0 Å². The third-order valence-electron chi connectivity index (χ3n) is 7.08. The number of likely N-dealkylation sites (tertiary alicyclic amines) is 1. The number of thioether (sulfide) groups is 1. The van der Waals surface area contributed by atoms with Gasteiger partial charge in [-0.25, -0.2) is 4.98 Å². The number of aliphatic carboxylic acids is 1. The fourth-order valence-electron chi connectivity index (χ4n) is 5.02. The van der Waals surface area contributed by atoms with Crippen molar-refractivity contribution in [3.05, 3.63) is 82.6 Å². The van der Waals surface area contributed by atoms with Gasteiger partial charge in [0.1, 0.15) is 5.25 Å². The second-order valence-corrected chi connectivity index (χ2v) is 10.9. The Morgan fingerprint density at radius 2 is 1.75 bits per heavy atom. The van der Waals surface area contributed by atoms with Crippen molar-refractivity contribution in [1.29, 1.82) is 0 Å². The highest BCUT2D eigenvalue weighted by Crippen LogP contribution is 2.37. The maximum atomic E-state index is 13.9. The zero-order valence-corrected chi connectivity index (χ0v) is 22.9. The van der Waals surface area contributed by atoms with Crippen molar-refractivity contribution < 1.29 is 19.5 Å².